The van der Waals surface area contributed by atoms with Gasteiger partial charge in [0.15, 0.2) is 0 Å². The van der Waals surface area contributed by atoms with Crippen LogP contribution in [-0.4, -0.2) is 41.7 Å². The first-order chi connectivity index (χ1) is 11.2. The molecule has 0 radical (unpaired) electrons. The number of methoxy groups -OCH3 is 4. The summed E-state index contributed by atoms with van der Waals surface area (Å²) in [5.41, 5.74) is 2.08. The fourth-order valence-electron chi connectivity index (χ4n) is 1.97. The fourth-order valence-corrected chi connectivity index (χ4v) is 2.22. The van der Waals surface area contributed by atoms with E-state index in [0.717, 1.165) is 29.4 Å². The Bertz CT molecular complexity index is 377. The normalized spacial score (nSPS) is 10.3. The molecule has 0 fully saturated rings. The second-order valence-corrected chi connectivity index (χ2v) is 5.60. The van der Waals surface area contributed by atoms with Crippen LogP contribution in [0.2, 0.25) is 5.02 Å². The molecular weight excluding hydrogens is 316 g/mol. The lowest BCUT2D eigenvalue weighted by molar-refractivity contribution is 0.180. The molecule has 5 heteroatoms. The van der Waals surface area contributed by atoms with Gasteiger partial charge in [0.2, 0.25) is 0 Å². The molecule has 0 amide bonds. The molecule has 0 bridgehead atoms. The molecule has 0 spiro atoms. The number of rotatable bonds is 11. The molecular formula is C18H31ClO4. The number of hydrogen-bond acceptors (Lipinski definition) is 4. The van der Waals surface area contributed by atoms with E-state index in [-0.39, 0.29) is 0 Å². The zero-order chi connectivity index (χ0) is 17.3. The zero-order valence-electron chi connectivity index (χ0n) is 14.9. The van der Waals surface area contributed by atoms with Gasteiger partial charge in [-0.15, -0.1) is 0 Å². The Morgan fingerprint density at radius 2 is 1.30 bits per heavy atom. The van der Waals surface area contributed by atoms with Gasteiger partial charge in [0, 0.05) is 46.7 Å². The van der Waals surface area contributed by atoms with Crippen molar-refractivity contribution in [2.24, 2.45) is 0 Å². The maximum Gasteiger partial charge on any atom is 0.0727 e. The summed E-state index contributed by atoms with van der Waals surface area (Å²) in [5, 5.41) is 0.733. The van der Waals surface area contributed by atoms with Crippen molar-refractivity contribution in [1.82, 2.24) is 0 Å². The lowest BCUT2D eigenvalue weighted by atomic mass is 10.1. The summed E-state index contributed by atoms with van der Waals surface area (Å²) in [7, 11) is 6.81. The molecule has 1 rings (SSSR count). The third-order valence-corrected chi connectivity index (χ3v) is 3.53. The Labute approximate surface area is 146 Å². The van der Waals surface area contributed by atoms with Crippen molar-refractivity contribution in [2.75, 3.05) is 41.7 Å². The van der Waals surface area contributed by atoms with E-state index in [1.807, 2.05) is 18.2 Å². The van der Waals surface area contributed by atoms with Gasteiger partial charge in [-0.1, -0.05) is 36.6 Å². The van der Waals surface area contributed by atoms with Gasteiger partial charge in [0.05, 0.1) is 13.2 Å². The van der Waals surface area contributed by atoms with Crippen LogP contribution in [-0.2, 0) is 32.2 Å². The Morgan fingerprint density at radius 3 is 1.74 bits per heavy atom. The summed E-state index contributed by atoms with van der Waals surface area (Å²) in [6.07, 6.45) is 4.88. The average molecular weight is 347 g/mol. The number of halogens is 1. The number of benzene rings is 1. The summed E-state index contributed by atoms with van der Waals surface area (Å²) in [5.74, 6) is 0. The molecule has 0 saturated carbocycles. The lowest BCUT2D eigenvalue weighted by Crippen LogP contribution is -1.92. The highest BCUT2D eigenvalue weighted by Gasteiger charge is 2.00. The molecule has 23 heavy (non-hydrogen) atoms. The first-order valence-corrected chi connectivity index (χ1v) is 8.30. The molecule has 0 heterocycles. The minimum atomic E-state index is 0.548. The molecule has 0 aromatic heterocycles. The van der Waals surface area contributed by atoms with Gasteiger partial charge >= 0.3 is 0 Å². The summed E-state index contributed by atoms with van der Waals surface area (Å²) < 4.78 is 19.8. The minimum Gasteiger partial charge on any atom is -0.385 e. The van der Waals surface area contributed by atoms with E-state index in [4.69, 9.17) is 30.5 Å². The molecule has 0 aliphatic heterocycles. The van der Waals surface area contributed by atoms with Crippen molar-refractivity contribution in [3.05, 3.63) is 34.3 Å². The summed E-state index contributed by atoms with van der Waals surface area (Å²) in [4.78, 5) is 0. The van der Waals surface area contributed by atoms with Crippen molar-refractivity contribution in [1.29, 1.82) is 0 Å². The number of hydrogen-bond donors (Lipinski definition) is 0. The zero-order valence-corrected chi connectivity index (χ0v) is 15.7. The van der Waals surface area contributed by atoms with Crippen molar-refractivity contribution in [3.8, 4) is 0 Å². The second-order valence-electron chi connectivity index (χ2n) is 5.19. The molecule has 1 aromatic carbocycles. The fraction of sp³-hybridized carbons (Fsp3) is 0.667. The van der Waals surface area contributed by atoms with Gasteiger partial charge in [-0.05, 0) is 30.0 Å². The third-order valence-electron chi connectivity index (χ3n) is 3.18. The van der Waals surface area contributed by atoms with E-state index in [9.17, 15) is 0 Å². The van der Waals surface area contributed by atoms with E-state index < -0.39 is 0 Å². The van der Waals surface area contributed by atoms with Crippen LogP contribution < -0.4 is 0 Å². The Balaban J connectivity index is 0.000000438. The van der Waals surface area contributed by atoms with E-state index in [1.165, 1.54) is 25.7 Å². The van der Waals surface area contributed by atoms with Gasteiger partial charge in [0.1, 0.15) is 0 Å². The van der Waals surface area contributed by atoms with Crippen LogP contribution in [0.25, 0.3) is 0 Å². The highest BCUT2D eigenvalue weighted by molar-refractivity contribution is 6.31. The first-order valence-electron chi connectivity index (χ1n) is 7.92. The average Bonchev–Trinajstić information content (AvgIpc) is 2.54. The maximum absolute atomic E-state index is 6.01. The molecule has 1 aromatic rings. The first kappa shape index (κ1) is 22.4. The monoisotopic (exact) mass is 346 g/mol. The van der Waals surface area contributed by atoms with Crippen LogP contribution in [0.4, 0.5) is 0 Å². The van der Waals surface area contributed by atoms with Gasteiger partial charge in [-0.2, -0.15) is 0 Å². The molecule has 134 valence electrons. The van der Waals surface area contributed by atoms with E-state index in [1.54, 1.807) is 28.4 Å². The van der Waals surface area contributed by atoms with E-state index in [0.29, 0.717) is 13.2 Å². The second kappa shape index (κ2) is 16.2. The van der Waals surface area contributed by atoms with Gasteiger partial charge < -0.3 is 18.9 Å². The van der Waals surface area contributed by atoms with Crippen LogP contribution in [0, 0.1) is 0 Å². The summed E-state index contributed by atoms with van der Waals surface area (Å²) in [6.45, 7) is 2.93. The van der Waals surface area contributed by atoms with Gasteiger partial charge in [-0.25, -0.2) is 0 Å². The smallest absolute Gasteiger partial charge is 0.0727 e. The maximum atomic E-state index is 6.01. The molecule has 0 atom stereocenters. The number of ether oxygens (including phenoxy) is 4. The van der Waals surface area contributed by atoms with E-state index >= 15 is 0 Å². The third kappa shape index (κ3) is 12.4. The van der Waals surface area contributed by atoms with Crippen LogP contribution in [0.3, 0.4) is 0 Å². The summed E-state index contributed by atoms with van der Waals surface area (Å²) >= 11 is 6.01. The summed E-state index contributed by atoms with van der Waals surface area (Å²) in [6, 6.07) is 5.85. The van der Waals surface area contributed by atoms with Crippen LogP contribution in [0.15, 0.2) is 18.2 Å². The minimum absolute atomic E-state index is 0.548. The highest BCUT2D eigenvalue weighted by atomic mass is 35.5. The number of unbranched alkanes of at least 4 members (excludes halogenated alkanes) is 3. The Kier molecular flexibility index (Phi) is 15.8. The Hall–Kier alpha value is -0.650. The van der Waals surface area contributed by atoms with Crippen molar-refractivity contribution >= 4 is 11.6 Å². The topological polar surface area (TPSA) is 36.9 Å². The SMILES string of the molecule is COCCCCCCOC.COCc1ccc(COC)c(Cl)c1. The van der Waals surface area contributed by atoms with Gasteiger partial charge in [0.25, 0.3) is 0 Å². The molecule has 0 aliphatic rings. The van der Waals surface area contributed by atoms with Crippen molar-refractivity contribution in [2.45, 2.75) is 38.9 Å². The predicted octanol–water partition coefficient (Wildman–Crippen LogP) is 4.47. The molecule has 0 aliphatic carbocycles. The predicted molar refractivity (Wildman–Crippen MR) is 95.1 cm³/mol. The van der Waals surface area contributed by atoms with Gasteiger partial charge in [-0.3, -0.25) is 0 Å². The van der Waals surface area contributed by atoms with Crippen molar-refractivity contribution < 1.29 is 18.9 Å². The van der Waals surface area contributed by atoms with E-state index in [2.05, 4.69) is 0 Å². The largest absolute Gasteiger partial charge is 0.385 e. The van der Waals surface area contributed by atoms with Crippen LogP contribution >= 0.6 is 11.6 Å². The molecule has 0 unspecified atom stereocenters. The van der Waals surface area contributed by atoms with Crippen LogP contribution in [0.5, 0.6) is 0 Å². The standard InChI is InChI=1S/C10H13ClO2.C8H18O2/c1-12-6-8-3-4-9(7-13-2)10(11)5-8;1-9-7-5-3-4-6-8-10-2/h3-5H,6-7H2,1-2H3;3-8H2,1-2H3. The Morgan fingerprint density at radius 1 is 0.739 bits per heavy atom. The van der Waals surface area contributed by atoms with Crippen LogP contribution in [0.1, 0.15) is 36.8 Å². The molecule has 0 saturated heterocycles. The molecule has 4 nitrogen and oxygen atoms in total. The van der Waals surface area contributed by atoms with Crippen molar-refractivity contribution in [3.63, 3.8) is 0 Å². The highest BCUT2D eigenvalue weighted by Crippen LogP contribution is 2.18. The molecule has 0 N–H and O–H groups in total. The quantitative estimate of drug-likeness (QED) is 0.554. The lowest BCUT2D eigenvalue weighted by Gasteiger charge is -2.05.